The Morgan fingerprint density at radius 2 is 2.29 bits per heavy atom. The van der Waals surface area contributed by atoms with Gasteiger partial charge in [0.2, 0.25) is 0 Å². The highest BCUT2D eigenvalue weighted by Gasteiger charge is 2.15. The number of anilines is 1. The molecule has 0 aromatic carbocycles. The summed E-state index contributed by atoms with van der Waals surface area (Å²) in [4.78, 5) is 16.6. The molecule has 1 fully saturated rings. The number of aryl methyl sites for hydroxylation is 1. The average molecular weight is 236 g/mol. The molecule has 92 valence electrons. The fourth-order valence-electron chi connectivity index (χ4n) is 2.04. The van der Waals surface area contributed by atoms with Gasteiger partial charge in [0, 0.05) is 25.7 Å². The first kappa shape index (κ1) is 11.8. The van der Waals surface area contributed by atoms with E-state index in [1.807, 2.05) is 6.92 Å². The maximum atomic E-state index is 10.6. The van der Waals surface area contributed by atoms with Crippen LogP contribution in [0, 0.1) is 17.0 Å². The molecular weight excluding hydrogens is 220 g/mol. The summed E-state index contributed by atoms with van der Waals surface area (Å²) in [5.74, 6) is 0.860. The molecule has 0 bridgehead atoms. The number of nitrogens with zero attached hydrogens (tertiary/aromatic N) is 3. The van der Waals surface area contributed by atoms with Gasteiger partial charge in [0.25, 0.3) is 5.69 Å². The van der Waals surface area contributed by atoms with Gasteiger partial charge in [-0.05, 0) is 25.5 Å². The zero-order valence-electron chi connectivity index (χ0n) is 9.85. The van der Waals surface area contributed by atoms with Crippen LogP contribution in [-0.2, 0) is 0 Å². The van der Waals surface area contributed by atoms with Gasteiger partial charge in [-0.15, -0.1) is 0 Å². The van der Waals surface area contributed by atoms with Crippen LogP contribution in [0.15, 0.2) is 12.3 Å². The van der Waals surface area contributed by atoms with E-state index in [9.17, 15) is 10.1 Å². The predicted octanol–water partition coefficient (Wildman–Crippen LogP) is 1.10. The zero-order chi connectivity index (χ0) is 12.3. The van der Waals surface area contributed by atoms with Crippen molar-refractivity contribution in [3.05, 3.63) is 27.9 Å². The van der Waals surface area contributed by atoms with Gasteiger partial charge in [0.1, 0.15) is 12.0 Å². The Morgan fingerprint density at radius 1 is 1.47 bits per heavy atom. The minimum Gasteiger partial charge on any atom is -0.355 e. The van der Waals surface area contributed by atoms with Crippen molar-refractivity contribution < 1.29 is 4.92 Å². The van der Waals surface area contributed by atoms with Crippen LogP contribution in [0.4, 0.5) is 11.5 Å². The van der Waals surface area contributed by atoms with Gasteiger partial charge in [-0.25, -0.2) is 4.98 Å². The smallest absolute Gasteiger partial charge is 0.287 e. The summed E-state index contributed by atoms with van der Waals surface area (Å²) in [6, 6.07) is 1.58. The van der Waals surface area contributed by atoms with Gasteiger partial charge in [-0.1, -0.05) is 0 Å². The van der Waals surface area contributed by atoms with Crippen molar-refractivity contribution in [2.45, 2.75) is 13.3 Å². The van der Waals surface area contributed by atoms with E-state index in [1.54, 1.807) is 6.07 Å². The van der Waals surface area contributed by atoms with Crippen molar-refractivity contribution in [2.24, 2.45) is 0 Å². The second kappa shape index (κ2) is 5.09. The van der Waals surface area contributed by atoms with Crippen LogP contribution < -0.4 is 10.2 Å². The fourth-order valence-corrected chi connectivity index (χ4v) is 2.04. The van der Waals surface area contributed by atoms with Gasteiger partial charge in [-0.2, -0.15) is 0 Å². The molecule has 1 aliphatic rings. The molecule has 6 nitrogen and oxygen atoms in total. The van der Waals surface area contributed by atoms with Crippen LogP contribution in [0.3, 0.4) is 0 Å². The second-order valence-corrected chi connectivity index (χ2v) is 4.18. The summed E-state index contributed by atoms with van der Waals surface area (Å²) in [5, 5.41) is 14.0. The van der Waals surface area contributed by atoms with E-state index >= 15 is 0 Å². The molecule has 0 radical (unpaired) electrons. The molecule has 0 amide bonds. The van der Waals surface area contributed by atoms with Crippen LogP contribution in [0.5, 0.6) is 0 Å². The number of hydrogen-bond donors (Lipinski definition) is 1. The topological polar surface area (TPSA) is 71.3 Å². The van der Waals surface area contributed by atoms with Gasteiger partial charge < -0.3 is 10.2 Å². The highest BCUT2D eigenvalue weighted by molar-refractivity contribution is 5.50. The number of rotatable bonds is 2. The maximum Gasteiger partial charge on any atom is 0.287 e. The molecule has 1 saturated heterocycles. The lowest BCUT2D eigenvalue weighted by Crippen LogP contribution is -2.29. The van der Waals surface area contributed by atoms with Crippen LogP contribution in [0.2, 0.25) is 0 Å². The number of aromatic nitrogens is 1. The highest BCUT2D eigenvalue weighted by atomic mass is 16.6. The Hall–Kier alpha value is -1.69. The third-order valence-electron chi connectivity index (χ3n) is 2.89. The zero-order valence-corrected chi connectivity index (χ0v) is 9.85. The summed E-state index contributed by atoms with van der Waals surface area (Å²) in [5.41, 5.74) is 0.917. The minimum atomic E-state index is -0.409. The van der Waals surface area contributed by atoms with Crippen LogP contribution >= 0.6 is 0 Å². The van der Waals surface area contributed by atoms with Gasteiger partial charge in [-0.3, -0.25) is 10.1 Å². The third-order valence-corrected chi connectivity index (χ3v) is 2.89. The van der Waals surface area contributed by atoms with Gasteiger partial charge in [0.05, 0.1) is 4.92 Å². The summed E-state index contributed by atoms with van der Waals surface area (Å²) in [6.07, 6.45) is 2.40. The normalized spacial score (nSPS) is 16.6. The summed E-state index contributed by atoms with van der Waals surface area (Å²) in [6.45, 7) is 5.65. The molecule has 0 spiro atoms. The van der Waals surface area contributed by atoms with Crippen LogP contribution in [-0.4, -0.2) is 36.1 Å². The van der Waals surface area contributed by atoms with Crippen molar-refractivity contribution >= 4 is 11.5 Å². The van der Waals surface area contributed by atoms with Crippen LogP contribution in [0.25, 0.3) is 0 Å². The molecular formula is C11H16N4O2. The Balaban J connectivity index is 2.22. The quantitative estimate of drug-likeness (QED) is 0.615. The summed E-state index contributed by atoms with van der Waals surface area (Å²) >= 11 is 0. The third kappa shape index (κ3) is 2.71. The summed E-state index contributed by atoms with van der Waals surface area (Å²) in [7, 11) is 0. The number of pyridine rings is 1. The summed E-state index contributed by atoms with van der Waals surface area (Å²) < 4.78 is 0. The molecule has 0 atom stereocenters. The maximum absolute atomic E-state index is 10.6. The highest BCUT2D eigenvalue weighted by Crippen LogP contribution is 2.21. The van der Waals surface area contributed by atoms with Gasteiger partial charge in [0.15, 0.2) is 0 Å². The lowest BCUT2D eigenvalue weighted by molar-refractivity contribution is -0.385. The van der Waals surface area contributed by atoms with E-state index in [2.05, 4.69) is 15.2 Å². The predicted molar refractivity (Wildman–Crippen MR) is 65.3 cm³/mol. The minimum absolute atomic E-state index is 0.0548. The van der Waals surface area contributed by atoms with Crippen molar-refractivity contribution in [1.29, 1.82) is 0 Å². The largest absolute Gasteiger partial charge is 0.355 e. The lowest BCUT2D eigenvalue weighted by Gasteiger charge is -2.22. The lowest BCUT2D eigenvalue weighted by atomic mass is 10.2. The molecule has 0 aliphatic carbocycles. The number of nitro groups is 1. The molecule has 2 rings (SSSR count). The van der Waals surface area contributed by atoms with Crippen molar-refractivity contribution in [3.63, 3.8) is 0 Å². The fraction of sp³-hybridized carbons (Fsp3) is 0.545. The van der Waals surface area contributed by atoms with Crippen LogP contribution in [0.1, 0.15) is 12.0 Å². The molecule has 2 heterocycles. The number of nitrogens with one attached hydrogen (secondary N) is 1. The molecule has 0 saturated carbocycles. The van der Waals surface area contributed by atoms with E-state index in [1.165, 1.54) is 6.20 Å². The first-order valence-electron chi connectivity index (χ1n) is 5.75. The molecule has 1 aromatic rings. The van der Waals surface area contributed by atoms with E-state index in [0.29, 0.717) is 0 Å². The first-order chi connectivity index (χ1) is 8.18. The van der Waals surface area contributed by atoms with E-state index in [0.717, 1.165) is 44.0 Å². The Bertz CT molecular complexity index is 414. The van der Waals surface area contributed by atoms with E-state index < -0.39 is 4.92 Å². The Labute approximate surface area is 99.8 Å². The average Bonchev–Trinajstić information content (AvgIpc) is 2.57. The van der Waals surface area contributed by atoms with Crippen molar-refractivity contribution in [3.8, 4) is 0 Å². The Morgan fingerprint density at radius 3 is 3.00 bits per heavy atom. The molecule has 1 aromatic heterocycles. The van der Waals surface area contributed by atoms with E-state index in [-0.39, 0.29) is 5.69 Å². The molecule has 1 aliphatic heterocycles. The monoisotopic (exact) mass is 236 g/mol. The molecule has 1 N–H and O–H groups in total. The molecule has 17 heavy (non-hydrogen) atoms. The molecule has 0 unspecified atom stereocenters. The standard InChI is InChI=1S/C11H16N4O2/c1-9-7-10(15(16)17)8-13-11(9)14-5-2-3-12-4-6-14/h7-8,12H,2-6H2,1H3. The van der Waals surface area contributed by atoms with E-state index in [4.69, 9.17) is 0 Å². The second-order valence-electron chi connectivity index (χ2n) is 4.18. The SMILES string of the molecule is Cc1cc([N+](=O)[O-])cnc1N1CCCNCC1. The van der Waals surface area contributed by atoms with Gasteiger partial charge >= 0.3 is 0 Å². The van der Waals surface area contributed by atoms with Crippen molar-refractivity contribution in [2.75, 3.05) is 31.1 Å². The first-order valence-corrected chi connectivity index (χ1v) is 5.75. The Kier molecular flexibility index (Phi) is 3.53. The number of hydrogen-bond acceptors (Lipinski definition) is 5. The molecule has 6 heteroatoms. The van der Waals surface area contributed by atoms with Crippen molar-refractivity contribution in [1.82, 2.24) is 10.3 Å².